The lowest BCUT2D eigenvalue weighted by molar-refractivity contribution is 0.304. The largest absolute Gasteiger partial charge is 0.395 e. The van der Waals surface area contributed by atoms with E-state index in [9.17, 15) is 0 Å². The molecule has 4 heteroatoms. The number of anilines is 1. The summed E-state index contributed by atoms with van der Waals surface area (Å²) in [5, 5.41) is 18.2. The Morgan fingerprint density at radius 2 is 2.29 bits per heavy atom. The predicted octanol–water partition coefficient (Wildman–Crippen LogP) is 1.64. The zero-order chi connectivity index (χ0) is 10.6. The van der Waals surface area contributed by atoms with Crippen molar-refractivity contribution in [2.24, 2.45) is 0 Å². The van der Waals surface area contributed by atoms with E-state index in [1.165, 1.54) is 0 Å². The molecule has 0 aliphatic rings. The van der Waals surface area contributed by atoms with Gasteiger partial charge in [-0.1, -0.05) is 11.6 Å². The van der Waals surface area contributed by atoms with E-state index >= 15 is 0 Å². The first-order valence-corrected chi connectivity index (χ1v) is 4.58. The maximum Gasteiger partial charge on any atom is 0.101 e. The molecule has 0 saturated carbocycles. The van der Waals surface area contributed by atoms with Gasteiger partial charge in [0.1, 0.15) is 6.07 Å². The molecule has 74 valence electrons. The molecule has 1 aromatic carbocycles. The molecule has 1 N–H and O–H groups in total. The highest BCUT2D eigenvalue weighted by Gasteiger charge is 2.06. The molecule has 14 heavy (non-hydrogen) atoms. The van der Waals surface area contributed by atoms with Gasteiger partial charge in [-0.2, -0.15) is 5.26 Å². The summed E-state index contributed by atoms with van der Waals surface area (Å²) in [4.78, 5) is 1.80. The van der Waals surface area contributed by atoms with E-state index in [2.05, 4.69) is 6.07 Å². The van der Waals surface area contributed by atoms with Gasteiger partial charge in [-0.15, -0.1) is 0 Å². The molecule has 1 aromatic rings. The van der Waals surface area contributed by atoms with Gasteiger partial charge in [0, 0.05) is 18.6 Å². The Labute approximate surface area is 88.1 Å². The van der Waals surface area contributed by atoms with Gasteiger partial charge in [-0.3, -0.25) is 0 Å². The number of rotatable bonds is 3. The normalized spacial score (nSPS) is 9.57. The van der Waals surface area contributed by atoms with Crippen molar-refractivity contribution in [3.8, 4) is 6.07 Å². The average Bonchev–Trinajstić information content (AvgIpc) is 2.18. The highest BCUT2D eigenvalue weighted by Crippen LogP contribution is 2.23. The van der Waals surface area contributed by atoms with E-state index in [0.717, 1.165) is 5.69 Å². The maximum atomic E-state index is 8.84. The topological polar surface area (TPSA) is 47.3 Å². The highest BCUT2D eigenvalue weighted by molar-refractivity contribution is 6.30. The fourth-order valence-electron chi connectivity index (χ4n) is 1.19. The minimum absolute atomic E-state index is 0.0495. The summed E-state index contributed by atoms with van der Waals surface area (Å²) in [6, 6.07) is 7.15. The fraction of sp³-hybridized carbons (Fsp3) is 0.300. The second kappa shape index (κ2) is 4.85. The smallest absolute Gasteiger partial charge is 0.101 e. The van der Waals surface area contributed by atoms with Crippen LogP contribution in [0.15, 0.2) is 18.2 Å². The van der Waals surface area contributed by atoms with Gasteiger partial charge < -0.3 is 10.0 Å². The van der Waals surface area contributed by atoms with E-state index in [4.69, 9.17) is 22.0 Å². The summed E-state index contributed by atoms with van der Waals surface area (Å²) in [7, 11) is 1.81. The summed E-state index contributed by atoms with van der Waals surface area (Å²) >= 11 is 5.82. The van der Waals surface area contributed by atoms with Crippen LogP contribution in [0.25, 0.3) is 0 Å². The van der Waals surface area contributed by atoms with Gasteiger partial charge in [0.25, 0.3) is 0 Å². The minimum Gasteiger partial charge on any atom is -0.395 e. The van der Waals surface area contributed by atoms with Gasteiger partial charge in [0.2, 0.25) is 0 Å². The zero-order valence-electron chi connectivity index (χ0n) is 7.87. The number of likely N-dealkylation sites (N-methyl/N-ethyl adjacent to an activating group) is 1. The molecule has 0 atom stereocenters. The molecule has 0 amide bonds. The molecular formula is C10H11ClN2O. The molecule has 0 heterocycles. The standard InChI is InChI=1S/C10H11ClN2O/c1-13(4-5-14)10-6-9(11)3-2-8(10)7-12/h2-3,6,14H,4-5H2,1H3. The molecule has 0 radical (unpaired) electrons. The van der Waals surface area contributed by atoms with Gasteiger partial charge in [0.05, 0.1) is 17.9 Å². The summed E-state index contributed by atoms with van der Waals surface area (Å²) < 4.78 is 0. The Kier molecular flexibility index (Phi) is 3.75. The Balaban J connectivity index is 3.05. The van der Waals surface area contributed by atoms with Crippen molar-refractivity contribution in [1.29, 1.82) is 5.26 Å². The molecule has 0 spiro atoms. The number of halogens is 1. The second-order valence-electron chi connectivity index (χ2n) is 2.92. The lowest BCUT2D eigenvalue weighted by Gasteiger charge is -2.19. The van der Waals surface area contributed by atoms with Crippen LogP contribution in [0, 0.1) is 11.3 Å². The third-order valence-electron chi connectivity index (χ3n) is 1.93. The van der Waals surface area contributed by atoms with Crippen LogP contribution in [0.1, 0.15) is 5.56 Å². The number of benzene rings is 1. The highest BCUT2D eigenvalue weighted by atomic mass is 35.5. The maximum absolute atomic E-state index is 8.84. The third-order valence-corrected chi connectivity index (χ3v) is 2.16. The van der Waals surface area contributed by atoms with Crippen LogP contribution in [-0.2, 0) is 0 Å². The first-order valence-electron chi connectivity index (χ1n) is 4.20. The van der Waals surface area contributed by atoms with Crippen LogP contribution in [0.3, 0.4) is 0 Å². The molecule has 0 aromatic heterocycles. The van der Waals surface area contributed by atoms with Crippen LogP contribution >= 0.6 is 11.6 Å². The summed E-state index contributed by atoms with van der Waals surface area (Å²) in [6.45, 7) is 0.531. The summed E-state index contributed by atoms with van der Waals surface area (Å²) in [6.07, 6.45) is 0. The number of hydrogen-bond donors (Lipinski definition) is 1. The Hall–Kier alpha value is -1.24. The number of hydrogen-bond acceptors (Lipinski definition) is 3. The van der Waals surface area contributed by atoms with Crippen molar-refractivity contribution in [2.45, 2.75) is 0 Å². The lowest BCUT2D eigenvalue weighted by Crippen LogP contribution is -2.21. The van der Waals surface area contributed by atoms with E-state index in [0.29, 0.717) is 17.1 Å². The van der Waals surface area contributed by atoms with Crippen molar-refractivity contribution in [2.75, 3.05) is 25.1 Å². The van der Waals surface area contributed by atoms with E-state index in [1.807, 2.05) is 7.05 Å². The Bertz CT molecular complexity index is 360. The van der Waals surface area contributed by atoms with Crippen molar-refractivity contribution in [1.82, 2.24) is 0 Å². The van der Waals surface area contributed by atoms with Crippen molar-refractivity contribution < 1.29 is 5.11 Å². The fourth-order valence-corrected chi connectivity index (χ4v) is 1.35. The molecule has 0 aliphatic heterocycles. The molecule has 0 unspecified atom stereocenters. The molecule has 3 nitrogen and oxygen atoms in total. The monoisotopic (exact) mass is 210 g/mol. The number of nitrogens with zero attached hydrogens (tertiary/aromatic N) is 2. The zero-order valence-corrected chi connectivity index (χ0v) is 8.62. The second-order valence-corrected chi connectivity index (χ2v) is 3.35. The van der Waals surface area contributed by atoms with Crippen LogP contribution in [0.2, 0.25) is 5.02 Å². The van der Waals surface area contributed by atoms with Gasteiger partial charge >= 0.3 is 0 Å². The van der Waals surface area contributed by atoms with Crippen LogP contribution < -0.4 is 4.90 Å². The SMILES string of the molecule is CN(CCO)c1cc(Cl)ccc1C#N. The molecule has 1 rings (SSSR count). The first kappa shape index (κ1) is 10.8. The molecular weight excluding hydrogens is 200 g/mol. The summed E-state index contributed by atoms with van der Waals surface area (Å²) in [5.41, 5.74) is 1.31. The Morgan fingerprint density at radius 3 is 2.86 bits per heavy atom. The lowest BCUT2D eigenvalue weighted by atomic mass is 10.2. The van der Waals surface area contributed by atoms with Gasteiger partial charge in [0.15, 0.2) is 0 Å². The van der Waals surface area contributed by atoms with Crippen LogP contribution in [0.4, 0.5) is 5.69 Å². The van der Waals surface area contributed by atoms with Gasteiger partial charge in [-0.25, -0.2) is 0 Å². The molecule has 0 fully saturated rings. The average molecular weight is 211 g/mol. The van der Waals surface area contributed by atoms with Crippen molar-refractivity contribution in [3.63, 3.8) is 0 Å². The number of aliphatic hydroxyl groups excluding tert-OH is 1. The number of nitriles is 1. The molecule has 0 aliphatic carbocycles. The number of aliphatic hydroxyl groups is 1. The molecule has 0 bridgehead atoms. The minimum atomic E-state index is 0.0495. The van der Waals surface area contributed by atoms with E-state index in [-0.39, 0.29) is 6.61 Å². The third kappa shape index (κ3) is 2.38. The quantitative estimate of drug-likeness (QED) is 0.825. The van der Waals surface area contributed by atoms with Gasteiger partial charge in [-0.05, 0) is 18.2 Å². The predicted molar refractivity (Wildman–Crippen MR) is 56.5 cm³/mol. The first-order chi connectivity index (χ1) is 6.69. The van der Waals surface area contributed by atoms with Crippen LogP contribution in [0.5, 0.6) is 0 Å². The molecule has 0 saturated heterocycles. The van der Waals surface area contributed by atoms with E-state index in [1.54, 1.807) is 23.1 Å². The van der Waals surface area contributed by atoms with E-state index < -0.39 is 0 Å². The Morgan fingerprint density at radius 1 is 1.57 bits per heavy atom. The van der Waals surface area contributed by atoms with Crippen molar-refractivity contribution in [3.05, 3.63) is 28.8 Å². The van der Waals surface area contributed by atoms with Crippen molar-refractivity contribution >= 4 is 17.3 Å². The van der Waals surface area contributed by atoms with Crippen LogP contribution in [-0.4, -0.2) is 25.3 Å². The summed E-state index contributed by atoms with van der Waals surface area (Å²) in [5.74, 6) is 0.